The van der Waals surface area contributed by atoms with Crippen LogP contribution in [0.2, 0.25) is 0 Å². The Kier molecular flexibility index (Phi) is 8.38. The predicted molar refractivity (Wildman–Crippen MR) is 92.8 cm³/mol. The molecule has 0 heterocycles. The smallest absolute Gasteiger partial charge is 0.319 e. The summed E-state index contributed by atoms with van der Waals surface area (Å²) in [7, 11) is 0. The SMILES string of the molecule is CCN(CC)CCCC(C)NC(=O)Nc1ccc(Br)cc1. The predicted octanol–water partition coefficient (Wildman–Crippen LogP) is 4.08. The van der Waals surface area contributed by atoms with Crippen molar-refractivity contribution in [3.8, 4) is 0 Å². The van der Waals surface area contributed by atoms with Crippen molar-refractivity contribution in [3.63, 3.8) is 0 Å². The topological polar surface area (TPSA) is 44.4 Å². The van der Waals surface area contributed by atoms with Crippen LogP contribution in [-0.2, 0) is 0 Å². The number of rotatable bonds is 8. The average molecular weight is 356 g/mol. The molecule has 0 aromatic heterocycles. The Morgan fingerprint density at radius 3 is 2.43 bits per heavy atom. The summed E-state index contributed by atoms with van der Waals surface area (Å²) < 4.78 is 0.998. The first kappa shape index (κ1) is 18.0. The number of nitrogens with one attached hydrogen (secondary N) is 2. The molecule has 0 aliphatic carbocycles. The minimum absolute atomic E-state index is 0.146. The average Bonchev–Trinajstić information content (AvgIpc) is 2.46. The zero-order valence-corrected chi connectivity index (χ0v) is 14.7. The zero-order chi connectivity index (χ0) is 15.7. The Labute approximate surface area is 136 Å². The molecule has 4 nitrogen and oxygen atoms in total. The number of carbonyl (C=O) groups is 1. The molecule has 0 bridgehead atoms. The second-order valence-corrected chi connectivity index (χ2v) is 6.09. The fourth-order valence-corrected chi connectivity index (χ4v) is 2.42. The molecule has 1 unspecified atom stereocenters. The lowest BCUT2D eigenvalue weighted by Crippen LogP contribution is -2.36. The van der Waals surface area contributed by atoms with Crippen LogP contribution in [0.4, 0.5) is 10.5 Å². The van der Waals surface area contributed by atoms with Crippen LogP contribution >= 0.6 is 15.9 Å². The highest BCUT2D eigenvalue weighted by atomic mass is 79.9. The minimum atomic E-state index is -0.146. The summed E-state index contributed by atoms with van der Waals surface area (Å²) in [4.78, 5) is 14.3. The molecule has 0 aliphatic heterocycles. The highest BCUT2D eigenvalue weighted by Gasteiger charge is 2.08. The molecule has 1 aromatic carbocycles. The Hall–Kier alpha value is -1.07. The van der Waals surface area contributed by atoms with Gasteiger partial charge in [0.05, 0.1) is 0 Å². The molecule has 2 amide bonds. The second-order valence-electron chi connectivity index (χ2n) is 5.18. The van der Waals surface area contributed by atoms with Gasteiger partial charge in [-0.1, -0.05) is 29.8 Å². The molecule has 0 aliphatic rings. The van der Waals surface area contributed by atoms with Gasteiger partial charge in [-0.2, -0.15) is 0 Å². The molecule has 1 aromatic rings. The fraction of sp³-hybridized carbons (Fsp3) is 0.562. The van der Waals surface area contributed by atoms with Crippen LogP contribution in [0.15, 0.2) is 28.7 Å². The van der Waals surface area contributed by atoms with Crippen molar-refractivity contribution in [2.45, 2.75) is 39.7 Å². The first-order valence-electron chi connectivity index (χ1n) is 7.60. The van der Waals surface area contributed by atoms with Crippen LogP contribution in [0.1, 0.15) is 33.6 Å². The first-order valence-corrected chi connectivity index (χ1v) is 8.39. The highest BCUT2D eigenvalue weighted by Crippen LogP contribution is 2.13. The molecule has 21 heavy (non-hydrogen) atoms. The van der Waals surface area contributed by atoms with Crippen molar-refractivity contribution < 1.29 is 4.79 Å². The van der Waals surface area contributed by atoms with Crippen LogP contribution in [-0.4, -0.2) is 36.6 Å². The van der Waals surface area contributed by atoms with Crippen LogP contribution in [0.5, 0.6) is 0 Å². The van der Waals surface area contributed by atoms with Crippen LogP contribution in [0.3, 0.4) is 0 Å². The van der Waals surface area contributed by atoms with Crippen LogP contribution < -0.4 is 10.6 Å². The third kappa shape index (κ3) is 7.48. The van der Waals surface area contributed by atoms with Crippen molar-refractivity contribution in [3.05, 3.63) is 28.7 Å². The second kappa shape index (κ2) is 9.79. The lowest BCUT2D eigenvalue weighted by molar-refractivity contribution is 0.247. The maximum absolute atomic E-state index is 11.9. The summed E-state index contributed by atoms with van der Waals surface area (Å²) in [6, 6.07) is 7.58. The molecule has 0 saturated heterocycles. The van der Waals surface area contributed by atoms with Gasteiger partial charge in [0.15, 0.2) is 0 Å². The molecule has 118 valence electrons. The van der Waals surface area contributed by atoms with Gasteiger partial charge in [-0.25, -0.2) is 4.79 Å². The molecule has 0 spiro atoms. The van der Waals surface area contributed by atoms with Crippen molar-refractivity contribution in [1.29, 1.82) is 0 Å². The number of amides is 2. The van der Waals surface area contributed by atoms with Gasteiger partial charge in [0.1, 0.15) is 0 Å². The summed E-state index contributed by atoms with van der Waals surface area (Å²) in [6.45, 7) is 9.66. The van der Waals surface area contributed by atoms with E-state index in [-0.39, 0.29) is 12.1 Å². The van der Waals surface area contributed by atoms with Gasteiger partial charge in [0.2, 0.25) is 0 Å². The number of anilines is 1. The maximum Gasteiger partial charge on any atom is 0.319 e. The van der Waals surface area contributed by atoms with Gasteiger partial charge in [0, 0.05) is 16.2 Å². The van der Waals surface area contributed by atoms with Crippen LogP contribution in [0, 0.1) is 0 Å². The van der Waals surface area contributed by atoms with E-state index in [0.717, 1.165) is 42.6 Å². The van der Waals surface area contributed by atoms with Gasteiger partial charge in [-0.15, -0.1) is 0 Å². The zero-order valence-electron chi connectivity index (χ0n) is 13.2. The Morgan fingerprint density at radius 1 is 1.24 bits per heavy atom. The van der Waals surface area contributed by atoms with Crippen molar-refractivity contribution in [2.24, 2.45) is 0 Å². The lowest BCUT2D eigenvalue weighted by Gasteiger charge is -2.20. The van der Waals surface area contributed by atoms with Gasteiger partial charge in [0.25, 0.3) is 0 Å². The van der Waals surface area contributed by atoms with E-state index in [4.69, 9.17) is 0 Å². The van der Waals surface area contributed by atoms with Crippen molar-refractivity contribution >= 4 is 27.6 Å². The Bertz CT molecular complexity index is 418. The van der Waals surface area contributed by atoms with E-state index in [2.05, 4.69) is 45.3 Å². The molecule has 1 atom stereocenters. The third-order valence-electron chi connectivity index (χ3n) is 3.49. The molecular weight excluding hydrogens is 330 g/mol. The van der Waals surface area contributed by atoms with Gasteiger partial charge in [-0.05, 0) is 63.7 Å². The van der Waals surface area contributed by atoms with E-state index < -0.39 is 0 Å². The first-order chi connectivity index (χ1) is 10.0. The quantitative estimate of drug-likeness (QED) is 0.737. The van der Waals surface area contributed by atoms with Gasteiger partial charge in [-0.3, -0.25) is 0 Å². The largest absolute Gasteiger partial charge is 0.335 e. The highest BCUT2D eigenvalue weighted by molar-refractivity contribution is 9.10. The number of carbonyl (C=O) groups excluding carboxylic acids is 1. The van der Waals surface area contributed by atoms with E-state index in [0.29, 0.717) is 0 Å². The van der Waals surface area contributed by atoms with Crippen molar-refractivity contribution in [2.75, 3.05) is 25.0 Å². The minimum Gasteiger partial charge on any atom is -0.335 e. The molecule has 5 heteroatoms. The summed E-state index contributed by atoms with van der Waals surface area (Å²) in [5, 5.41) is 5.81. The molecule has 1 rings (SSSR count). The molecule has 0 saturated carbocycles. The Morgan fingerprint density at radius 2 is 1.86 bits per heavy atom. The van der Waals surface area contributed by atoms with E-state index >= 15 is 0 Å². The number of benzene rings is 1. The monoisotopic (exact) mass is 355 g/mol. The lowest BCUT2D eigenvalue weighted by atomic mass is 10.2. The molecular formula is C16H26BrN3O. The number of nitrogens with zero attached hydrogens (tertiary/aromatic N) is 1. The van der Waals surface area contributed by atoms with E-state index in [1.54, 1.807) is 0 Å². The van der Waals surface area contributed by atoms with E-state index in [1.165, 1.54) is 0 Å². The summed E-state index contributed by atoms with van der Waals surface area (Å²) >= 11 is 3.37. The fourth-order valence-electron chi connectivity index (χ4n) is 2.16. The molecule has 0 radical (unpaired) electrons. The Balaban J connectivity index is 2.25. The van der Waals surface area contributed by atoms with Crippen LogP contribution in [0.25, 0.3) is 0 Å². The van der Waals surface area contributed by atoms with E-state index in [1.807, 2.05) is 31.2 Å². The third-order valence-corrected chi connectivity index (χ3v) is 4.01. The molecule has 2 N–H and O–H groups in total. The van der Waals surface area contributed by atoms with Gasteiger partial charge < -0.3 is 15.5 Å². The summed E-state index contributed by atoms with van der Waals surface area (Å²) in [5.74, 6) is 0. The van der Waals surface area contributed by atoms with Crippen molar-refractivity contribution in [1.82, 2.24) is 10.2 Å². The summed E-state index contributed by atoms with van der Waals surface area (Å²) in [5.41, 5.74) is 0.797. The standard InChI is InChI=1S/C16H26BrN3O/c1-4-20(5-2)12-6-7-13(3)18-16(21)19-15-10-8-14(17)9-11-15/h8-11,13H,4-7,12H2,1-3H3,(H2,18,19,21). The maximum atomic E-state index is 11.9. The molecule has 0 fully saturated rings. The number of halogens is 1. The van der Waals surface area contributed by atoms with E-state index in [9.17, 15) is 4.79 Å². The van der Waals surface area contributed by atoms with Gasteiger partial charge >= 0.3 is 6.03 Å². The summed E-state index contributed by atoms with van der Waals surface area (Å²) in [6.07, 6.45) is 2.09. The number of urea groups is 1. The number of hydrogen-bond acceptors (Lipinski definition) is 2. The number of hydrogen-bond donors (Lipinski definition) is 2. The normalized spacial score (nSPS) is 12.2.